The first-order valence-electron chi connectivity index (χ1n) is 13.2. The Labute approximate surface area is 240 Å². The Morgan fingerprint density at radius 3 is 2.15 bits per heavy atom. The maximum Gasteiger partial charge on any atom is 0.257 e. The molecule has 8 rings (SSSR count). The van der Waals surface area contributed by atoms with Crippen molar-refractivity contribution in [2.45, 2.75) is 32.1 Å². The summed E-state index contributed by atoms with van der Waals surface area (Å²) in [6.45, 7) is 3.98. The van der Waals surface area contributed by atoms with E-state index in [-0.39, 0.29) is 23.7 Å². The van der Waals surface area contributed by atoms with Gasteiger partial charge in [0.1, 0.15) is 0 Å². The largest absolute Gasteiger partial charge is 0.301 e. The van der Waals surface area contributed by atoms with Gasteiger partial charge in [-0.3, -0.25) is 14.9 Å². The minimum Gasteiger partial charge on any atom is -0.301 e. The molecule has 0 saturated carbocycles. The summed E-state index contributed by atoms with van der Waals surface area (Å²) in [4.78, 5) is 35.8. The molecular formula is C32H26N4O2S2. The second kappa shape index (κ2) is 9.50. The Balaban J connectivity index is 1.13. The molecule has 0 radical (unpaired) electrons. The van der Waals surface area contributed by atoms with Crippen LogP contribution in [0.3, 0.4) is 0 Å². The first-order chi connectivity index (χ1) is 19.4. The normalized spacial score (nSPS) is 20.4. The molecule has 198 valence electrons. The van der Waals surface area contributed by atoms with Crippen LogP contribution in [-0.4, -0.2) is 21.8 Å². The molecule has 5 aromatic rings. The van der Waals surface area contributed by atoms with Crippen molar-refractivity contribution in [1.82, 2.24) is 9.97 Å². The highest BCUT2D eigenvalue weighted by Crippen LogP contribution is 2.61. The number of benzene rings is 3. The van der Waals surface area contributed by atoms with Crippen molar-refractivity contribution in [3.8, 4) is 11.3 Å². The van der Waals surface area contributed by atoms with Crippen molar-refractivity contribution in [1.29, 1.82) is 0 Å². The standard InChI is InChI=1S/C32H26N4O2S2/c1-18-16-39-30(33-18)35-28(37)20-9-7-8-19(14-20)26-17-40-31(34-26)36-29(38)32(2)15-25-21-10-3-5-12-23(21)27(32)24-13-6-4-11-22(24)25/h3-14,16-17,25,27H,15H2,1-2H3,(H,33,35,37)(H,34,36,38). The average molecular weight is 563 g/mol. The Bertz CT molecular complexity index is 1740. The van der Waals surface area contributed by atoms with Gasteiger partial charge in [0.05, 0.1) is 16.8 Å². The minimum atomic E-state index is -0.606. The summed E-state index contributed by atoms with van der Waals surface area (Å²) in [5.41, 5.74) is 7.48. The van der Waals surface area contributed by atoms with Crippen LogP contribution >= 0.6 is 22.7 Å². The number of carbonyl (C=O) groups is 2. The zero-order chi connectivity index (χ0) is 27.4. The minimum absolute atomic E-state index is 0.0128. The van der Waals surface area contributed by atoms with Crippen molar-refractivity contribution in [2.24, 2.45) is 5.41 Å². The van der Waals surface area contributed by atoms with Gasteiger partial charge >= 0.3 is 0 Å². The van der Waals surface area contributed by atoms with Gasteiger partial charge in [-0.2, -0.15) is 0 Å². The molecule has 0 saturated heterocycles. The van der Waals surface area contributed by atoms with E-state index in [1.165, 1.54) is 44.9 Å². The van der Waals surface area contributed by atoms with Crippen LogP contribution in [0.2, 0.25) is 0 Å². The molecule has 2 heterocycles. The molecule has 0 aliphatic heterocycles. The molecule has 2 N–H and O–H groups in total. The van der Waals surface area contributed by atoms with E-state index in [0.29, 0.717) is 21.5 Å². The Morgan fingerprint density at radius 1 is 0.825 bits per heavy atom. The predicted octanol–water partition coefficient (Wildman–Crippen LogP) is 7.45. The summed E-state index contributed by atoms with van der Waals surface area (Å²) in [5, 5.41) is 10.9. The second-order valence-electron chi connectivity index (χ2n) is 10.7. The van der Waals surface area contributed by atoms with Crippen LogP contribution in [0.4, 0.5) is 10.3 Å². The predicted molar refractivity (Wildman–Crippen MR) is 160 cm³/mol. The Hall–Kier alpha value is -4.14. The third kappa shape index (κ3) is 4.06. The third-order valence-corrected chi connectivity index (χ3v) is 9.77. The molecule has 0 spiro atoms. The van der Waals surface area contributed by atoms with Crippen LogP contribution in [0.5, 0.6) is 0 Å². The molecule has 0 fully saturated rings. The van der Waals surface area contributed by atoms with Gasteiger partial charge in [0.15, 0.2) is 10.3 Å². The van der Waals surface area contributed by atoms with Gasteiger partial charge in [-0.15, -0.1) is 22.7 Å². The number of carbonyl (C=O) groups excluding carboxylic acids is 2. The van der Waals surface area contributed by atoms with Gasteiger partial charge in [0.2, 0.25) is 5.91 Å². The number of thiazole rings is 2. The highest BCUT2D eigenvalue weighted by molar-refractivity contribution is 7.14. The highest BCUT2D eigenvalue weighted by Gasteiger charge is 2.54. The lowest BCUT2D eigenvalue weighted by atomic mass is 9.52. The summed E-state index contributed by atoms with van der Waals surface area (Å²) in [5.74, 6) is -0.0524. The van der Waals surface area contributed by atoms with E-state index >= 15 is 0 Å². The molecule has 1 atom stereocenters. The molecule has 1 unspecified atom stereocenters. The molecule has 2 amide bonds. The zero-order valence-electron chi connectivity index (χ0n) is 22.0. The summed E-state index contributed by atoms with van der Waals surface area (Å²) in [6, 6.07) is 24.4. The number of anilines is 2. The fraction of sp³-hybridized carbons (Fsp3) is 0.188. The maximum absolute atomic E-state index is 14.0. The third-order valence-electron chi connectivity index (χ3n) is 8.13. The van der Waals surface area contributed by atoms with Gasteiger partial charge < -0.3 is 5.32 Å². The number of hydrogen-bond donors (Lipinski definition) is 2. The molecule has 2 bridgehead atoms. The van der Waals surface area contributed by atoms with Crippen LogP contribution in [-0.2, 0) is 4.79 Å². The molecule has 3 aliphatic rings. The zero-order valence-corrected chi connectivity index (χ0v) is 23.6. The van der Waals surface area contributed by atoms with Crippen molar-refractivity contribution >= 4 is 44.8 Å². The lowest BCUT2D eigenvalue weighted by molar-refractivity contribution is -0.126. The molecule has 6 nitrogen and oxygen atoms in total. The number of aromatic nitrogens is 2. The smallest absolute Gasteiger partial charge is 0.257 e. The summed E-state index contributed by atoms with van der Waals surface area (Å²) >= 11 is 2.79. The van der Waals surface area contributed by atoms with E-state index in [1.807, 2.05) is 35.9 Å². The van der Waals surface area contributed by atoms with Gasteiger partial charge in [-0.05, 0) is 54.7 Å². The van der Waals surface area contributed by atoms with Gasteiger partial charge in [-0.25, -0.2) is 9.97 Å². The van der Waals surface area contributed by atoms with Crippen molar-refractivity contribution in [2.75, 3.05) is 10.6 Å². The first kappa shape index (κ1) is 24.9. The van der Waals surface area contributed by atoms with E-state index < -0.39 is 5.41 Å². The highest BCUT2D eigenvalue weighted by atomic mass is 32.1. The summed E-state index contributed by atoms with van der Waals surface area (Å²) in [6.07, 6.45) is 0.755. The van der Waals surface area contributed by atoms with Gasteiger partial charge in [-0.1, -0.05) is 60.7 Å². The maximum atomic E-state index is 14.0. The monoisotopic (exact) mass is 562 g/mol. The molecule has 3 aromatic carbocycles. The van der Waals surface area contributed by atoms with Crippen LogP contribution < -0.4 is 10.6 Å². The Morgan fingerprint density at radius 2 is 1.48 bits per heavy atom. The van der Waals surface area contributed by atoms with Crippen molar-refractivity contribution in [3.05, 3.63) is 117 Å². The summed E-state index contributed by atoms with van der Waals surface area (Å²) in [7, 11) is 0. The molecule has 40 heavy (non-hydrogen) atoms. The van der Waals surface area contributed by atoms with Crippen LogP contribution in [0.25, 0.3) is 11.3 Å². The molecule has 8 heteroatoms. The van der Waals surface area contributed by atoms with Crippen LogP contribution in [0, 0.1) is 12.3 Å². The van der Waals surface area contributed by atoms with Crippen LogP contribution in [0.15, 0.2) is 83.6 Å². The average Bonchev–Trinajstić information content (AvgIpc) is 3.61. The number of nitrogens with one attached hydrogen (secondary N) is 2. The topological polar surface area (TPSA) is 84.0 Å². The van der Waals surface area contributed by atoms with Gasteiger partial charge in [0.25, 0.3) is 5.91 Å². The number of hydrogen-bond acceptors (Lipinski definition) is 6. The fourth-order valence-electron chi connectivity index (χ4n) is 6.29. The van der Waals surface area contributed by atoms with Gasteiger partial charge in [0, 0.05) is 33.7 Å². The first-order valence-corrected chi connectivity index (χ1v) is 15.0. The number of amides is 2. The molecule has 3 aliphatic carbocycles. The summed E-state index contributed by atoms with van der Waals surface area (Å²) < 4.78 is 0. The Kier molecular flexibility index (Phi) is 5.91. The number of nitrogens with zero attached hydrogens (tertiary/aromatic N) is 2. The van der Waals surface area contributed by atoms with Crippen molar-refractivity contribution in [3.63, 3.8) is 0 Å². The van der Waals surface area contributed by atoms with E-state index in [4.69, 9.17) is 4.98 Å². The van der Waals surface area contributed by atoms with Crippen molar-refractivity contribution < 1.29 is 9.59 Å². The molecule has 2 aromatic heterocycles. The van der Waals surface area contributed by atoms with E-state index in [0.717, 1.165) is 17.7 Å². The van der Waals surface area contributed by atoms with E-state index in [1.54, 1.807) is 6.07 Å². The number of rotatable bonds is 5. The van der Waals surface area contributed by atoms with Crippen LogP contribution in [0.1, 0.15) is 63.5 Å². The van der Waals surface area contributed by atoms with E-state index in [2.05, 4.69) is 71.1 Å². The number of aryl methyl sites for hydroxylation is 1. The fourth-order valence-corrected chi connectivity index (χ4v) is 7.69. The number of fused-ring (bicyclic) bond motifs is 1. The second-order valence-corrected chi connectivity index (χ2v) is 12.4. The van der Waals surface area contributed by atoms with E-state index in [9.17, 15) is 9.59 Å². The lowest BCUT2D eigenvalue weighted by Crippen LogP contribution is -2.47. The lowest BCUT2D eigenvalue weighted by Gasteiger charge is -2.50. The SMILES string of the molecule is Cc1csc(NC(=O)c2cccc(-c3csc(NC(=O)C4(C)CC5c6ccccc6C4c4ccccc45)n3)c2)n1. The molecular weight excluding hydrogens is 537 g/mol. The quantitative estimate of drug-likeness (QED) is 0.233.